The molecule has 3 rings (SSSR count). The number of amides is 1. The first-order chi connectivity index (χ1) is 16.4. The van der Waals surface area contributed by atoms with Crippen LogP contribution in [0.15, 0.2) is 77.7 Å². The van der Waals surface area contributed by atoms with E-state index in [1.807, 2.05) is 25.1 Å². The number of carbonyl (C=O) groups is 1. The van der Waals surface area contributed by atoms with E-state index >= 15 is 0 Å². The number of ether oxygens (including phenoxy) is 3. The number of nitrogens with one attached hydrogen (secondary N) is 2. The highest BCUT2D eigenvalue weighted by molar-refractivity contribution is 7.92. The molecule has 0 radical (unpaired) electrons. The van der Waals surface area contributed by atoms with Gasteiger partial charge in [0.1, 0.15) is 5.75 Å². The smallest absolute Gasteiger partial charge is 0.262 e. The second kappa shape index (κ2) is 11.2. The lowest BCUT2D eigenvalue weighted by atomic mass is 10.2. The summed E-state index contributed by atoms with van der Waals surface area (Å²) in [6, 6.07) is 18.0. The summed E-state index contributed by atoms with van der Waals surface area (Å²) in [7, 11) is -0.936. The van der Waals surface area contributed by atoms with Crippen LogP contribution in [0.4, 0.5) is 11.4 Å². The number of para-hydroxylation sites is 2. The minimum atomic E-state index is -3.91. The van der Waals surface area contributed by atoms with E-state index in [2.05, 4.69) is 10.0 Å². The molecule has 0 spiro atoms. The van der Waals surface area contributed by atoms with E-state index in [4.69, 9.17) is 14.2 Å². The summed E-state index contributed by atoms with van der Waals surface area (Å²) in [4.78, 5) is 12.4. The number of hydrogen-bond acceptors (Lipinski definition) is 6. The van der Waals surface area contributed by atoms with Gasteiger partial charge < -0.3 is 19.5 Å². The standard InChI is InChI=1S/C25H26N2O6S/c1-4-8-18-13-14-23(24(15-18)32-3)33-17-25(28)26-19-9-7-10-20(16-19)34(29,30)27-21-11-5-6-12-22(21)31-2/h4-16,27H,17H2,1-3H3,(H,26,28)/b8-4+. The van der Waals surface area contributed by atoms with Crippen LogP contribution in [0, 0.1) is 0 Å². The van der Waals surface area contributed by atoms with Crippen LogP contribution >= 0.6 is 0 Å². The molecular weight excluding hydrogens is 456 g/mol. The average molecular weight is 483 g/mol. The number of methoxy groups -OCH3 is 2. The quantitative estimate of drug-likeness (QED) is 0.439. The lowest BCUT2D eigenvalue weighted by molar-refractivity contribution is -0.118. The van der Waals surface area contributed by atoms with Gasteiger partial charge in [0.2, 0.25) is 0 Å². The molecule has 3 aromatic rings. The third-order valence-corrected chi connectivity index (χ3v) is 6.05. The van der Waals surface area contributed by atoms with Gasteiger partial charge in [-0.1, -0.05) is 36.4 Å². The van der Waals surface area contributed by atoms with E-state index in [-0.39, 0.29) is 11.5 Å². The van der Waals surface area contributed by atoms with E-state index < -0.39 is 15.9 Å². The second-order valence-corrected chi connectivity index (χ2v) is 8.76. The summed E-state index contributed by atoms with van der Waals surface area (Å²) in [5.74, 6) is 0.857. The Morgan fingerprint density at radius 1 is 0.912 bits per heavy atom. The molecule has 8 nitrogen and oxygen atoms in total. The van der Waals surface area contributed by atoms with Gasteiger partial charge in [0, 0.05) is 5.69 Å². The van der Waals surface area contributed by atoms with Gasteiger partial charge in [-0.25, -0.2) is 8.42 Å². The monoisotopic (exact) mass is 482 g/mol. The van der Waals surface area contributed by atoms with E-state index in [1.54, 1.807) is 42.5 Å². The largest absolute Gasteiger partial charge is 0.495 e. The molecule has 0 saturated heterocycles. The van der Waals surface area contributed by atoms with Gasteiger partial charge in [-0.3, -0.25) is 9.52 Å². The number of sulfonamides is 1. The van der Waals surface area contributed by atoms with Gasteiger partial charge in [0.15, 0.2) is 18.1 Å². The van der Waals surface area contributed by atoms with E-state index in [0.29, 0.717) is 28.6 Å². The molecule has 0 heterocycles. The van der Waals surface area contributed by atoms with Crippen LogP contribution in [0.2, 0.25) is 0 Å². The number of hydrogen-bond donors (Lipinski definition) is 2. The Morgan fingerprint density at radius 3 is 2.41 bits per heavy atom. The van der Waals surface area contributed by atoms with Crippen LogP contribution in [0.5, 0.6) is 17.2 Å². The maximum Gasteiger partial charge on any atom is 0.262 e. The van der Waals surface area contributed by atoms with E-state index in [1.165, 1.54) is 32.4 Å². The minimum absolute atomic E-state index is 0.0154. The summed E-state index contributed by atoms with van der Waals surface area (Å²) < 4.78 is 44.3. The highest BCUT2D eigenvalue weighted by Gasteiger charge is 2.17. The molecular formula is C25H26N2O6S. The van der Waals surface area contributed by atoms with Crippen LogP contribution in [0.3, 0.4) is 0 Å². The van der Waals surface area contributed by atoms with Crippen molar-refractivity contribution in [2.24, 2.45) is 0 Å². The van der Waals surface area contributed by atoms with Crippen LogP contribution in [-0.2, 0) is 14.8 Å². The highest BCUT2D eigenvalue weighted by Crippen LogP contribution is 2.29. The average Bonchev–Trinajstić information content (AvgIpc) is 2.83. The summed E-state index contributed by atoms with van der Waals surface area (Å²) in [5.41, 5.74) is 1.56. The van der Waals surface area contributed by atoms with Gasteiger partial charge in [-0.05, 0) is 55.0 Å². The molecule has 0 saturated carbocycles. The van der Waals surface area contributed by atoms with Gasteiger partial charge in [-0.15, -0.1) is 0 Å². The first kappa shape index (κ1) is 24.7. The molecule has 0 atom stereocenters. The Kier molecular flexibility index (Phi) is 8.15. The number of carbonyl (C=O) groups excluding carboxylic acids is 1. The van der Waals surface area contributed by atoms with Crippen LogP contribution < -0.4 is 24.2 Å². The zero-order valence-electron chi connectivity index (χ0n) is 19.1. The molecule has 9 heteroatoms. The number of allylic oxidation sites excluding steroid dienone is 1. The molecule has 0 aliphatic heterocycles. The highest BCUT2D eigenvalue weighted by atomic mass is 32.2. The number of benzene rings is 3. The van der Waals surface area contributed by atoms with Crippen molar-refractivity contribution in [2.75, 3.05) is 30.9 Å². The second-order valence-electron chi connectivity index (χ2n) is 7.08. The van der Waals surface area contributed by atoms with Gasteiger partial charge in [-0.2, -0.15) is 0 Å². The lowest BCUT2D eigenvalue weighted by Gasteiger charge is -2.13. The normalized spacial score (nSPS) is 11.1. The Labute approximate surface area is 199 Å². The third kappa shape index (κ3) is 6.29. The van der Waals surface area contributed by atoms with Crippen molar-refractivity contribution in [3.63, 3.8) is 0 Å². The molecule has 178 valence electrons. The fourth-order valence-corrected chi connectivity index (χ4v) is 4.23. The Morgan fingerprint density at radius 2 is 1.68 bits per heavy atom. The molecule has 34 heavy (non-hydrogen) atoms. The van der Waals surface area contributed by atoms with Gasteiger partial charge in [0.25, 0.3) is 15.9 Å². The maximum atomic E-state index is 12.8. The zero-order chi connectivity index (χ0) is 24.6. The fourth-order valence-electron chi connectivity index (χ4n) is 3.11. The zero-order valence-corrected chi connectivity index (χ0v) is 19.9. The SMILES string of the molecule is C/C=C/c1ccc(OCC(=O)Nc2cccc(S(=O)(=O)Nc3ccccc3OC)c2)c(OC)c1. The van der Waals surface area contributed by atoms with Crippen LogP contribution in [-0.4, -0.2) is 35.2 Å². The van der Waals surface area contributed by atoms with Crippen LogP contribution in [0.25, 0.3) is 6.08 Å². The molecule has 2 N–H and O–H groups in total. The molecule has 0 aromatic heterocycles. The number of rotatable bonds is 10. The predicted octanol–water partition coefficient (Wildman–Crippen LogP) is 4.56. The predicted molar refractivity (Wildman–Crippen MR) is 132 cm³/mol. The van der Waals surface area contributed by atoms with Gasteiger partial charge in [0.05, 0.1) is 24.8 Å². The Bertz CT molecular complexity index is 1290. The summed E-state index contributed by atoms with van der Waals surface area (Å²) in [6.07, 6.45) is 3.83. The molecule has 0 unspecified atom stereocenters. The van der Waals surface area contributed by atoms with Crippen molar-refractivity contribution >= 4 is 33.4 Å². The molecule has 0 aliphatic rings. The fraction of sp³-hybridized carbons (Fsp3) is 0.160. The molecule has 0 fully saturated rings. The maximum absolute atomic E-state index is 12.8. The van der Waals surface area contributed by atoms with Crippen molar-refractivity contribution in [1.29, 1.82) is 0 Å². The summed E-state index contributed by atoms with van der Waals surface area (Å²) in [6.45, 7) is 1.63. The van der Waals surface area contributed by atoms with Crippen molar-refractivity contribution in [3.05, 3.63) is 78.4 Å². The Hall–Kier alpha value is -3.98. The topological polar surface area (TPSA) is 103 Å². The number of anilines is 2. The first-order valence-electron chi connectivity index (χ1n) is 10.4. The van der Waals surface area contributed by atoms with Crippen molar-refractivity contribution in [3.8, 4) is 17.2 Å². The van der Waals surface area contributed by atoms with Gasteiger partial charge >= 0.3 is 0 Å². The van der Waals surface area contributed by atoms with Crippen molar-refractivity contribution < 1.29 is 27.4 Å². The molecule has 3 aromatic carbocycles. The van der Waals surface area contributed by atoms with Crippen LogP contribution in [0.1, 0.15) is 12.5 Å². The molecule has 1 amide bonds. The minimum Gasteiger partial charge on any atom is -0.495 e. The van der Waals surface area contributed by atoms with E-state index in [0.717, 1.165) is 5.56 Å². The summed E-state index contributed by atoms with van der Waals surface area (Å²) >= 11 is 0. The van der Waals surface area contributed by atoms with Crippen molar-refractivity contribution in [1.82, 2.24) is 0 Å². The van der Waals surface area contributed by atoms with Crippen molar-refractivity contribution in [2.45, 2.75) is 11.8 Å². The molecule has 0 bridgehead atoms. The first-order valence-corrected chi connectivity index (χ1v) is 11.8. The van der Waals surface area contributed by atoms with E-state index in [9.17, 15) is 13.2 Å². The third-order valence-electron chi connectivity index (χ3n) is 4.68. The molecule has 0 aliphatic carbocycles. The Balaban J connectivity index is 1.67. The lowest BCUT2D eigenvalue weighted by Crippen LogP contribution is -2.21. The summed E-state index contributed by atoms with van der Waals surface area (Å²) in [5, 5.41) is 2.65.